The zero-order valence-electron chi connectivity index (χ0n) is 10.4. The summed E-state index contributed by atoms with van der Waals surface area (Å²) in [6, 6.07) is 11.7. The molecule has 0 spiro atoms. The smallest absolute Gasteiger partial charge is 0.130 e. The van der Waals surface area contributed by atoms with Gasteiger partial charge in [0.25, 0.3) is 0 Å². The first kappa shape index (κ1) is 12.1. The van der Waals surface area contributed by atoms with E-state index in [0.717, 1.165) is 17.1 Å². The van der Waals surface area contributed by atoms with Crippen LogP contribution in [0.3, 0.4) is 0 Å². The molecule has 4 heteroatoms. The molecule has 0 radical (unpaired) electrons. The van der Waals surface area contributed by atoms with Gasteiger partial charge >= 0.3 is 0 Å². The predicted molar refractivity (Wildman–Crippen MR) is 70.0 cm³/mol. The zero-order valence-corrected chi connectivity index (χ0v) is 10.4. The van der Waals surface area contributed by atoms with Gasteiger partial charge in [-0.2, -0.15) is 5.26 Å². The maximum absolute atomic E-state index is 8.75. The van der Waals surface area contributed by atoms with Crippen molar-refractivity contribution in [3.05, 3.63) is 53.5 Å². The molecule has 4 nitrogen and oxygen atoms in total. The summed E-state index contributed by atoms with van der Waals surface area (Å²) in [4.78, 5) is 8.22. The molecule has 0 aliphatic heterocycles. The van der Waals surface area contributed by atoms with E-state index < -0.39 is 0 Å². The van der Waals surface area contributed by atoms with Crippen LogP contribution in [0.1, 0.15) is 29.8 Å². The minimum atomic E-state index is 0.132. The molecular weight excluding hydrogens is 224 g/mol. The molecule has 0 saturated carbocycles. The van der Waals surface area contributed by atoms with Gasteiger partial charge in [-0.15, -0.1) is 0 Å². The molecule has 2 rings (SSSR count). The molecule has 1 N–H and O–H groups in total. The highest BCUT2D eigenvalue weighted by Gasteiger charge is 2.06. The van der Waals surface area contributed by atoms with E-state index >= 15 is 0 Å². The quantitative estimate of drug-likeness (QED) is 0.893. The first-order valence-corrected chi connectivity index (χ1v) is 5.74. The van der Waals surface area contributed by atoms with Gasteiger partial charge in [-0.25, -0.2) is 9.97 Å². The molecule has 0 bridgehead atoms. The summed E-state index contributed by atoms with van der Waals surface area (Å²) < 4.78 is 0. The fourth-order valence-corrected chi connectivity index (χ4v) is 1.68. The molecule has 0 aliphatic carbocycles. The first-order valence-electron chi connectivity index (χ1n) is 5.74. The van der Waals surface area contributed by atoms with Crippen LogP contribution in [0.4, 0.5) is 5.82 Å². The SMILES string of the molecule is Cc1cc(NC(C)c2ccc(C#N)cc2)ncn1. The molecule has 0 amide bonds. The number of aryl methyl sites for hydroxylation is 1. The molecule has 1 atom stereocenters. The highest BCUT2D eigenvalue weighted by molar-refractivity contribution is 5.40. The monoisotopic (exact) mass is 238 g/mol. The summed E-state index contributed by atoms with van der Waals surface area (Å²) in [6.45, 7) is 3.98. The average Bonchev–Trinajstić information content (AvgIpc) is 2.39. The number of nitrogens with zero attached hydrogens (tertiary/aromatic N) is 3. The lowest BCUT2D eigenvalue weighted by molar-refractivity contribution is 0.870. The van der Waals surface area contributed by atoms with E-state index in [0.29, 0.717) is 5.56 Å². The summed E-state index contributed by atoms with van der Waals surface area (Å²) in [5.74, 6) is 0.805. The normalized spacial score (nSPS) is 11.6. The molecule has 0 fully saturated rings. The van der Waals surface area contributed by atoms with Crippen molar-refractivity contribution in [2.24, 2.45) is 0 Å². The van der Waals surface area contributed by atoms with Crippen molar-refractivity contribution in [1.29, 1.82) is 5.26 Å². The Morgan fingerprint density at radius 3 is 2.56 bits per heavy atom. The van der Waals surface area contributed by atoms with Crippen molar-refractivity contribution in [3.8, 4) is 6.07 Å². The van der Waals surface area contributed by atoms with E-state index in [2.05, 4.69) is 28.3 Å². The van der Waals surface area contributed by atoms with Crippen molar-refractivity contribution in [2.45, 2.75) is 19.9 Å². The molecule has 18 heavy (non-hydrogen) atoms. The topological polar surface area (TPSA) is 61.6 Å². The molecule has 1 unspecified atom stereocenters. The fraction of sp³-hybridized carbons (Fsp3) is 0.214. The Kier molecular flexibility index (Phi) is 3.54. The van der Waals surface area contributed by atoms with Crippen LogP contribution in [0.25, 0.3) is 0 Å². The number of rotatable bonds is 3. The number of anilines is 1. The summed E-state index contributed by atoms with van der Waals surface area (Å²) in [5.41, 5.74) is 2.72. The van der Waals surface area contributed by atoms with Crippen molar-refractivity contribution < 1.29 is 0 Å². The Labute approximate surface area is 106 Å². The van der Waals surface area contributed by atoms with Crippen LogP contribution in [0.5, 0.6) is 0 Å². The minimum Gasteiger partial charge on any atom is -0.363 e. The van der Waals surface area contributed by atoms with Crippen LogP contribution >= 0.6 is 0 Å². The lowest BCUT2D eigenvalue weighted by atomic mass is 10.1. The van der Waals surface area contributed by atoms with Crippen molar-refractivity contribution in [3.63, 3.8) is 0 Å². The number of nitriles is 1. The lowest BCUT2D eigenvalue weighted by Gasteiger charge is -2.14. The van der Waals surface area contributed by atoms with Crippen molar-refractivity contribution >= 4 is 5.82 Å². The van der Waals surface area contributed by atoms with Crippen LogP contribution in [0.2, 0.25) is 0 Å². The van der Waals surface area contributed by atoms with Gasteiger partial charge in [-0.05, 0) is 31.5 Å². The molecule has 90 valence electrons. The van der Waals surface area contributed by atoms with Gasteiger partial charge in [0.15, 0.2) is 0 Å². The number of hydrogen-bond donors (Lipinski definition) is 1. The van der Waals surface area contributed by atoms with E-state index in [9.17, 15) is 0 Å². The predicted octanol–water partition coefficient (Wildman–Crippen LogP) is 2.83. The van der Waals surface area contributed by atoms with Gasteiger partial charge in [0, 0.05) is 17.8 Å². The molecular formula is C14H14N4. The van der Waals surface area contributed by atoms with Gasteiger partial charge in [0.1, 0.15) is 12.1 Å². The Bertz CT molecular complexity index is 569. The van der Waals surface area contributed by atoms with Gasteiger partial charge in [-0.3, -0.25) is 0 Å². The fourth-order valence-electron chi connectivity index (χ4n) is 1.68. The second-order valence-corrected chi connectivity index (χ2v) is 4.14. The molecule has 1 aromatic heterocycles. The second kappa shape index (κ2) is 5.28. The molecule has 1 aromatic carbocycles. The third kappa shape index (κ3) is 2.83. The Morgan fingerprint density at radius 2 is 1.94 bits per heavy atom. The van der Waals surface area contributed by atoms with Crippen molar-refractivity contribution in [2.75, 3.05) is 5.32 Å². The maximum Gasteiger partial charge on any atom is 0.130 e. The maximum atomic E-state index is 8.75. The Hall–Kier alpha value is -2.41. The summed E-state index contributed by atoms with van der Waals surface area (Å²) in [7, 11) is 0. The third-order valence-corrected chi connectivity index (χ3v) is 2.71. The summed E-state index contributed by atoms with van der Waals surface area (Å²) in [5, 5.41) is 12.1. The van der Waals surface area contributed by atoms with E-state index in [-0.39, 0.29) is 6.04 Å². The second-order valence-electron chi connectivity index (χ2n) is 4.14. The first-order chi connectivity index (χ1) is 8.69. The van der Waals surface area contributed by atoms with Gasteiger partial charge in [0.05, 0.1) is 11.6 Å². The highest BCUT2D eigenvalue weighted by atomic mass is 15.0. The van der Waals surface area contributed by atoms with E-state index in [1.807, 2.05) is 37.3 Å². The molecule has 0 saturated heterocycles. The Balaban J connectivity index is 2.12. The molecule has 0 aliphatic rings. The average molecular weight is 238 g/mol. The van der Waals surface area contributed by atoms with Crippen LogP contribution in [0.15, 0.2) is 36.7 Å². The summed E-state index contributed by atoms with van der Waals surface area (Å²) >= 11 is 0. The number of benzene rings is 1. The van der Waals surface area contributed by atoms with Crippen LogP contribution in [-0.2, 0) is 0 Å². The standard InChI is InChI=1S/C14H14N4/c1-10-7-14(17-9-16-10)18-11(2)13-5-3-12(8-15)4-6-13/h3-7,9,11H,1-2H3,(H,16,17,18). The van der Waals surface area contributed by atoms with Crippen LogP contribution in [0, 0.1) is 18.3 Å². The van der Waals surface area contributed by atoms with Crippen LogP contribution in [-0.4, -0.2) is 9.97 Å². The number of aromatic nitrogens is 2. The minimum absolute atomic E-state index is 0.132. The van der Waals surface area contributed by atoms with E-state index in [4.69, 9.17) is 5.26 Å². The zero-order chi connectivity index (χ0) is 13.0. The van der Waals surface area contributed by atoms with Gasteiger partial charge in [0.2, 0.25) is 0 Å². The summed E-state index contributed by atoms with van der Waals surface area (Å²) in [6.07, 6.45) is 1.54. The number of nitrogens with one attached hydrogen (secondary N) is 1. The van der Waals surface area contributed by atoms with Crippen LogP contribution < -0.4 is 5.32 Å². The largest absolute Gasteiger partial charge is 0.363 e. The molecule has 1 heterocycles. The third-order valence-electron chi connectivity index (χ3n) is 2.71. The highest BCUT2D eigenvalue weighted by Crippen LogP contribution is 2.18. The van der Waals surface area contributed by atoms with Crippen molar-refractivity contribution in [1.82, 2.24) is 9.97 Å². The number of hydrogen-bond acceptors (Lipinski definition) is 4. The Morgan fingerprint density at radius 1 is 1.22 bits per heavy atom. The van der Waals surface area contributed by atoms with E-state index in [1.54, 1.807) is 6.33 Å². The molecule has 2 aromatic rings. The van der Waals surface area contributed by atoms with E-state index in [1.165, 1.54) is 0 Å². The lowest BCUT2D eigenvalue weighted by Crippen LogP contribution is -2.08. The van der Waals surface area contributed by atoms with Gasteiger partial charge < -0.3 is 5.32 Å². The van der Waals surface area contributed by atoms with Gasteiger partial charge in [-0.1, -0.05) is 12.1 Å².